The van der Waals surface area contributed by atoms with E-state index < -0.39 is 0 Å². The van der Waals surface area contributed by atoms with Gasteiger partial charge in [0.05, 0.1) is 0 Å². The second-order valence-corrected chi connectivity index (χ2v) is 5.02. The first-order valence-corrected chi connectivity index (χ1v) is 7.70. The van der Waals surface area contributed by atoms with E-state index in [4.69, 9.17) is 0 Å². The number of rotatable bonds is 2. The Hall–Kier alpha value is -1.28. The molecule has 104 valence electrons. The Morgan fingerprint density at radius 3 is 2.79 bits per heavy atom. The number of para-hydroxylation sites is 1. The Bertz CT molecular complexity index is 513. The molecule has 1 unspecified atom stereocenters. The highest BCUT2D eigenvalue weighted by atomic mass is 14.9. The number of H-pyrrole nitrogens is 1. The van der Waals surface area contributed by atoms with E-state index in [0.717, 1.165) is 19.4 Å². The van der Waals surface area contributed by atoms with Crippen LogP contribution in [-0.4, -0.2) is 17.6 Å². The van der Waals surface area contributed by atoms with Crippen molar-refractivity contribution in [1.29, 1.82) is 0 Å². The molecule has 2 aromatic rings. The number of aromatic nitrogens is 1. The van der Waals surface area contributed by atoms with Gasteiger partial charge in [0.1, 0.15) is 0 Å². The van der Waals surface area contributed by atoms with E-state index in [1.54, 1.807) is 0 Å². The number of aromatic amines is 1. The van der Waals surface area contributed by atoms with Crippen LogP contribution in [0.2, 0.25) is 0 Å². The van der Waals surface area contributed by atoms with Crippen LogP contribution >= 0.6 is 0 Å². The first-order chi connectivity index (χ1) is 9.38. The van der Waals surface area contributed by atoms with Crippen LogP contribution in [-0.2, 0) is 12.8 Å². The monoisotopic (exact) mass is 258 g/mol. The molecule has 0 saturated heterocycles. The van der Waals surface area contributed by atoms with Gasteiger partial charge in [-0.15, -0.1) is 0 Å². The molecule has 0 fully saturated rings. The molecule has 19 heavy (non-hydrogen) atoms. The van der Waals surface area contributed by atoms with Crippen molar-refractivity contribution >= 4 is 10.9 Å². The van der Waals surface area contributed by atoms with Gasteiger partial charge in [0.25, 0.3) is 0 Å². The lowest BCUT2D eigenvalue weighted by atomic mass is 10.0. The Morgan fingerprint density at radius 1 is 1.21 bits per heavy atom. The molecule has 1 aromatic heterocycles. The van der Waals surface area contributed by atoms with Gasteiger partial charge in [-0.05, 0) is 31.0 Å². The third-order valence-corrected chi connectivity index (χ3v) is 3.80. The van der Waals surface area contributed by atoms with E-state index in [2.05, 4.69) is 41.5 Å². The Balaban J connectivity index is 0.000000637. The van der Waals surface area contributed by atoms with Gasteiger partial charge in [0, 0.05) is 29.1 Å². The van der Waals surface area contributed by atoms with Crippen molar-refractivity contribution in [3.05, 3.63) is 35.5 Å². The lowest BCUT2D eigenvalue weighted by Crippen LogP contribution is -2.30. The third kappa shape index (κ3) is 3.01. The van der Waals surface area contributed by atoms with E-state index in [1.807, 2.05) is 13.8 Å². The number of benzene rings is 1. The molecule has 1 atom stereocenters. The van der Waals surface area contributed by atoms with E-state index in [0.29, 0.717) is 6.04 Å². The van der Waals surface area contributed by atoms with Crippen molar-refractivity contribution < 1.29 is 0 Å². The molecule has 0 amide bonds. The van der Waals surface area contributed by atoms with E-state index in [1.165, 1.54) is 35.0 Å². The molecule has 0 saturated carbocycles. The highest BCUT2D eigenvalue weighted by Gasteiger charge is 2.18. The van der Waals surface area contributed by atoms with Crippen LogP contribution in [0.4, 0.5) is 0 Å². The van der Waals surface area contributed by atoms with Crippen LogP contribution < -0.4 is 5.32 Å². The minimum atomic E-state index is 0.648. The van der Waals surface area contributed by atoms with Gasteiger partial charge in [0.2, 0.25) is 0 Å². The van der Waals surface area contributed by atoms with Crippen molar-refractivity contribution in [2.24, 2.45) is 0 Å². The minimum absolute atomic E-state index is 0.648. The van der Waals surface area contributed by atoms with Crippen LogP contribution in [0.5, 0.6) is 0 Å². The second-order valence-electron chi connectivity index (χ2n) is 5.02. The van der Waals surface area contributed by atoms with Gasteiger partial charge in [-0.3, -0.25) is 0 Å². The van der Waals surface area contributed by atoms with Crippen molar-refractivity contribution in [2.45, 2.75) is 52.5 Å². The predicted molar refractivity (Wildman–Crippen MR) is 83.8 cm³/mol. The maximum absolute atomic E-state index is 3.66. The smallest absolute Gasteiger partial charge is 0.0458 e. The SMILES string of the molecule is CC.CCCC1Cc2[nH]c3ccccc3c2CCN1. The van der Waals surface area contributed by atoms with E-state index in [-0.39, 0.29) is 0 Å². The molecule has 2 N–H and O–H groups in total. The van der Waals surface area contributed by atoms with E-state index in [9.17, 15) is 0 Å². The standard InChI is InChI=1S/C15H20N2.C2H6/c1-2-5-11-10-15-13(8-9-16-11)12-6-3-4-7-14(12)17-15;1-2/h3-4,6-7,11,16-17H,2,5,8-10H2,1H3;1-2H3. The summed E-state index contributed by atoms with van der Waals surface area (Å²) >= 11 is 0. The average Bonchev–Trinajstić information content (AvgIpc) is 2.67. The van der Waals surface area contributed by atoms with Crippen LogP contribution in [0.15, 0.2) is 24.3 Å². The largest absolute Gasteiger partial charge is 0.358 e. The molecule has 0 bridgehead atoms. The lowest BCUT2D eigenvalue weighted by molar-refractivity contribution is 0.486. The zero-order valence-corrected chi connectivity index (χ0v) is 12.4. The fraction of sp³-hybridized carbons (Fsp3) is 0.529. The minimum Gasteiger partial charge on any atom is -0.358 e. The predicted octanol–water partition coefficient (Wildman–Crippen LogP) is 4.05. The summed E-state index contributed by atoms with van der Waals surface area (Å²) in [5.41, 5.74) is 4.29. The summed E-state index contributed by atoms with van der Waals surface area (Å²) in [6.07, 6.45) is 4.83. The maximum Gasteiger partial charge on any atom is 0.0458 e. The number of fused-ring (bicyclic) bond motifs is 3. The Kier molecular flexibility index (Phi) is 5.03. The number of nitrogens with one attached hydrogen (secondary N) is 2. The lowest BCUT2D eigenvalue weighted by Gasteiger charge is -2.14. The quantitative estimate of drug-likeness (QED) is 0.835. The van der Waals surface area contributed by atoms with Crippen LogP contribution in [0, 0.1) is 0 Å². The topological polar surface area (TPSA) is 27.8 Å². The van der Waals surface area contributed by atoms with E-state index >= 15 is 0 Å². The van der Waals surface area contributed by atoms with Gasteiger partial charge in [-0.25, -0.2) is 0 Å². The maximum atomic E-state index is 3.66. The summed E-state index contributed by atoms with van der Waals surface area (Å²) in [5, 5.41) is 5.08. The summed E-state index contributed by atoms with van der Waals surface area (Å²) in [7, 11) is 0. The summed E-state index contributed by atoms with van der Waals surface area (Å²) in [4.78, 5) is 3.60. The number of hydrogen-bond donors (Lipinski definition) is 2. The molecular weight excluding hydrogens is 232 g/mol. The third-order valence-electron chi connectivity index (χ3n) is 3.80. The zero-order valence-electron chi connectivity index (χ0n) is 12.4. The Labute approximate surface area is 116 Å². The van der Waals surface area contributed by atoms with Crippen molar-refractivity contribution in [1.82, 2.24) is 10.3 Å². The summed E-state index contributed by atoms with van der Waals surface area (Å²) in [6.45, 7) is 7.37. The van der Waals surface area contributed by atoms with Crippen molar-refractivity contribution in [2.75, 3.05) is 6.54 Å². The fourth-order valence-electron chi connectivity index (χ4n) is 2.99. The molecule has 2 heteroatoms. The molecule has 3 rings (SSSR count). The van der Waals surface area contributed by atoms with Gasteiger partial charge in [0.15, 0.2) is 0 Å². The summed E-state index contributed by atoms with van der Waals surface area (Å²) in [5.74, 6) is 0. The fourth-order valence-corrected chi connectivity index (χ4v) is 2.99. The highest BCUT2D eigenvalue weighted by molar-refractivity contribution is 5.84. The normalized spacial score (nSPS) is 18.4. The molecule has 1 aliphatic rings. The van der Waals surface area contributed by atoms with Crippen LogP contribution in [0.1, 0.15) is 44.9 Å². The molecule has 2 nitrogen and oxygen atoms in total. The first kappa shape index (κ1) is 14.1. The highest BCUT2D eigenvalue weighted by Crippen LogP contribution is 2.25. The molecular formula is C17H26N2. The van der Waals surface area contributed by atoms with Gasteiger partial charge >= 0.3 is 0 Å². The van der Waals surface area contributed by atoms with Crippen molar-refractivity contribution in [3.8, 4) is 0 Å². The van der Waals surface area contributed by atoms with Gasteiger partial charge in [-0.1, -0.05) is 45.4 Å². The van der Waals surface area contributed by atoms with Crippen molar-refractivity contribution in [3.63, 3.8) is 0 Å². The second kappa shape index (κ2) is 6.76. The molecule has 0 spiro atoms. The van der Waals surface area contributed by atoms with Crippen LogP contribution in [0.3, 0.4) is 0 Å². The first-order valence-electron chi connectivity index (χ1n) is 7.70. The average molecular weight is 258 g/mol. The van der Waals surface area contributed by atoms with Crippen LogP contribution in [0.25, 0.3) is 10.9 Å². The zero-order chi connectivity index (χ0) is 13.7. The summed E-state index contributed by atoms with van der Waals surface area (Å²) < 4.78 is 0. The summed E-state index contributed by atoms with van der Waals surface area (Å²) in [6, 6.07) is 9.32. The molecule has 0 radical (unpaired) electrons. The Morgan fingerprint density at radius 2 is 2.00 bits per heavy atom. The molecule has 0 aliphatic carbocycles. The van der Waals surface area contributed by atoms with Gasteiger partial charge in [-0.2, -0.15) is 0 Å². The number of hydrogen-bond acceptors (Lipinski definition) is 1. The molecule has 2 heterocycles. The molecule has 1 aromatic carbocycles. The van der Waals surface area contributed by atoms with Gasteiger partial charge < -0.3 is 10.3 Å². The molecule has 1 aliphatic heterocycles.